The molecule has 0 amide bonds. The minimum Gasteiger partial charge on any atom is -0.493 e. The molecule has 0 aliphatic rings. The van der Waals surface area contributed by atoms with Gasteiger partial charge in [0.2, 0.25) is 0 Å². The second-order valence-corrected chi connectivity index (χ2v) is 8.46. The van der Waals surface area contributed by atoms with Gasteiger partial charge in [0.05, 0.1) is 26.7 Å². The van der Waals surface area contributed by atoms with E-state index in [1.165, 1.54) is 23.9 Å². The van der Waals surface area contributed by atoms with Crippen LogP contribution in [0.5, 0.6) is 11.5 Å². The Balaban J connectivity index is 1.67. The van der Waals surface area contributed by atoms with Gasteiger partial charge in [-0.05, 0) is 42.3 Å². The number of hydrogen-bond donors (Lipinski definition) is 1. The molecule has 9 nitrogen and oxygen atoms in total. The number of rotatable bonds is 12. The highest BCUT2D eigenvalue weighted by Gasteiger charge is 2.17. The monoisotopic (exact) mass is 515 g/mol. The quantitative estimate of drug-likeness (QED) is 0.370. The maximum atomic E-state index is 12.2. The molecule has 0 bridgehead atoms. The van der Waals surface area contributed by atoms with E-state index in [2.05, 4.69) is 5.32 Å². The summed E-state index contributed by atoms with van der Waals surface area (Å²) >= 11 is 6.02. The normalized spacial score (nSPS) is 11.7. The van der Waals surface area contributed by atoms with Crippen molar-refractivity contribution in [3.8, 4) is 11.5 Å². The van der Waals surface area contributed by atoms with Crippen LogP contribution in [0.4, 0.5) is 0 Å². The summed E-state index contributed by atoms with van der Waals surface area (Å²) in [4.78, 5) is 36.3. The summed E-state index contributed by atoms with van der Waals surface area (Å²) in [5.74, 6) is 0.706. The molecule has 192 valence electrons. The Morgan fingerprint density at radius 3 is 2.53 bits per heavy atom. The summed E-state index contributed by atoms with van der Waals surface area (Å²) < 4.78 is 18.9. The predicted octanol–water partition coefficient (Wildman–Crippen LogP) is 3.07. The number of esters is 1. The first kappa shape index (κ1) is 27.0. The van der Waals surface area contributed by atoms with Crippen molar-refractivity contribution >= 4 is 17.6 Å². The SMILES string of the molecule is CCOC(=O)CC(NCc1ccc(OCCn2c(=O)ccn(C)c2=O)c(OC)c1)c1ccc(Cl)cc1. The van der Waals surface area contributed by atoms with E-state index in [0.717, 1.165) is 15.7 Å². The average molecular weight is 516 g/mol. The maximum absolute atomic E-state index is 12.2. The van der Waals surface area contributed by atoms with Gasteiger partial charge in [-0.2, -0.15) is 0 Å². The Labute approximate surface area is 214 Å². The van der Waals surface area contributed by atoms with Gasteiger partial charge in [-0.3, -0.25) is 14.2 Å². The highest BCUT2D eigenvalue weighted by Crippen LogP contribution is 2.29. The molecule has 3 aromatic rings. The number of benzene rings is 2. The van der Waals surface area contributed by atoms with Crippen molar-refractivity contribution in [2.45, 2.75) is 32.5 Å². The molecule has 1 heterocycles. The van der Waals surface area contributed by atoms with Gasteiger partial charge in [-0.25, -0.2) is 4.79 Å². The van der Waals surface area contributed by atoms with E-state index in [0.29, 0.717) is 29.7 Å². The Kier molecular flexibility index (Phi) is 9.72. The van der Waals surface area contributed by atoms with Crippen LogP contribution in [0.25, 0.3) is 0 Å². The number of ether oxygens (including phenoxy) is 3. The largest absolute Gasteiger partial charge is 0.493 e. The van der Waals surface area contributed by atoms with Crippen LogP contribution in [0.3, 0.4) is 0 Å². The van der Waals surface area contributed by atoms with Crippen LogP contribution in [0, 0.1) is 0 Å². The number of carbonyl (C=O) groups excluding carboxylic acids is 1. The molecule has 36 heavy (non-hydrogen) atoms. The molecule has 0 aliphatic heterocycles. The lowest BCUT2D eigenvalue weighted by Gasteiger charge is -2.19. The van der Waals surface area contributed by atoms with Gasteiger partial charge in [0.15, 0.2) is 11.5 Å². The molecule has 0 radical (unpaired) electrons. The molecule has 1 unspecified atom stereocenters. The molecule has 0 fully saturated rings. The summed E-state index contributed by atoms with van der Waals surface area (Å²) in [6.45, 7) is 2.77. The number of halogens is 1. The first-order valence-electron chi connectivity index (χ1n) is 11.5. The molecule has 2 aromatic carbocycles. The van der Waals surface area contributed by atoms with Crippen molar-refractivity contribution in [3.05, 3.63) is 91.7 Å². The zero-order valence-corrected chi connectivity index (χ0v) is 21.3. The standard InChI is InChI=1S/C26H30ClN3O6/c1-4-35-25(32)16-21(19-6-8-20(27)9-7-19)28-17-18-5-10-22(23(15-18)34-3)36-14-13-30-24(31)11-12-29(2)26(30)33/h5-12,15,21,28H,4,13-14,16-17H2,1-3H3. The second kappa shape index (κ2) is 12.9. The van der Waals surface area contributed by atoms with Gasteiger partial charge >= 0.3 is 11.7 Å². The molecule has 10 heteroatoms. The Morgan fingerprint density at radius 2 is 1.83 bits per heavy atom. The van der Waals surface area contributed by atoms with Crippen molar-refractivity contribution in [2.24, 2.45) is 7.05 Å². The lowest BCUT2D eigenvalue weighted by atomic mass is 10.0. The van der Waals surface area contributed by atoms with E-state index >= 15 is 0 Å². The highest BCUT2D eigenvalue weighted by molar-refractivity contribution is 6.30. The van der Waals surface area contributed by atoms with Crippen molar-refractivity contribution < 1.29 is 19.0 Å². The van der Waals surface area contributed by atoms with Crippen molar-refractivity contribution in [1.82, 2.24) is 14.5 Å². The summed E-state index contributed by atoms with van der Waals surface area (Å²) in [5.41, 5.74) is 1.04. The third-order valence-corrected chi connectivity index (χ3v) is 5.79. The molecule has 3 rings (SSSR count). The lowest BCUT2D eigenvalue weighted by Crippen LogP contribution is -2.39. The Hall–Kier alpha value is -3.56. The summed E-state index contributed by atoms with van der Waals surface area (Å²) in [5, 5.41) is 4.02. The fraction of sp³-hybridized carbons (Fsp3) is 0.346. The fourth-order valence-electron chi connectivity index (χ4n) is 3.64. The van der Waals surface area contributed by atoms with Crippen LogP contribution >= 0.6 is 11.6 Å². The topological polar surface area (TPSA) is 101 Å². The van der Waals surface area contributed by atoms with Crippen LogP contribution in [-0.2, 0) is 29.7 Å². The molecule has 0 saturated carbocycles. The summed E-state index contributed by atoms with van der Waals surface area (Å²) in [6.07, 6.45) is 1.61. The summed E-state index contributed by atoms with van der Waals surface area (Å²) in [6, 6.07) is 13.9. The number of hydrogen-bond acceptors (Lipinski definition) is 7. The molecule has 1 aromatic heterocycles. The molecule has 1 atom stereocenters. The molecule has 0 aliphatic carbocycles. The number of carbonyl (C=O) groups is 1. The first-order chi connectivity index (χ1) is 17.3. The predicted molar refractivity (Wildman–Crippen MR) is 137 cm³/mol. The number of nitrogens with one attached hydrogen (secondary N) is 1. The molecular formula is C26H30ClN3O6. The van der Waals surface area contributed by atoms with Crippen molar-refractivity contribution in [3.63, 3.8) is 0 Å². The first-order valence-corrected chi connectivity index (χ1v) is 11.9. The van der Waals surface area contributed by atoms with E-state index in [9.17, 15) is 14.4 Å². The summed E-state index contributed by atoms with van der Waals surface area (Å²) in [7, 11) is 3.12. The van der Waals surface area contributed by atoms with E-state index in [-0.39, 0.29) is 37.1 Å². The van der Waals surface area contributed by atoms with Crippen LogP contribution in [0.15, 0.2) is 64.3 Å². The minimum absolute atomic E-state index is 0.107. The van der Waals surface area contributed by atoms with Crippen LogP contribution in [0.1, 0.15) is 30.5 Å². The molecule has 0 spiro atoms. The van der Waals surface area contributed by atoms with Gasteiger partial charge in [-0.1, -0.05) is 29.8 Å². The van der Waals surface area contributed by atoms with Crippen LogP contribution in [0.2, 0.25) is 5.02 Å². The van der Waals surface area contributed by atoms with E-state index in [1.807, 2.05) is 24.3 Å². The van der Waals surface area contributed by atoms with Gasteiger partial charge in [0, 0.05) is 36.9 Å². The van der Waals surface area contributed by atoms with Gasteiger partial charge in [-0.15, -0.1) is 0 Å². The minimum atomic E-state index is -0.405. The van der Waals surface area contributed by atoms with E-state index in [4.69, 9.17) is 25.8 Å². The van der Waals surface area contributed by atoms with E-state index < -0.39 is 5.69 Å². The Morgan fingerprint density at radius 1 is 1.08 bits per heavy atom. The van der Waals surface area contributed by atoms with Crippen molar-refractivity contribution in [1.29, 1.82) is 0 Å². The third-order valence-electron chi connectivity index (χ3n) is 5.54. The number of aromatic nitrogens is 2. The zero-order chi connectivity index (χ0) is 26.1. The molecule has 0 saturated heterocycles. The highest BCUT2D eigenvalue weighted by atomic mass is 35.5. The molecular weight excluding hydrogens is 486 g/mol. The molecule has 1 N–H and O–H groups in total. The van der Waals surface area contributed by atoms with Gasteiger partial charge in [0.1, 0.15) is 6.61 Å². The third kappa shape index (κ3) is 7.22. The lowest BCUT2D eigenvalue weighted by molar-refractivity contribution is -0.143. The number of nitrogens with zero attached hydrogens (tertiary/aromatic N) is 2. The zero-order valence-electron chi connectivity index (χ0n) is 20.5. The van der Waals surface area contributed by atoms with E-state index in [1.54, 1.807) is 32.2 Å². The average Bonchev–Trinajstić information content (AvgIpc) is 2.87. The second-order valence-electron chi connectivity index (χ2n) is 8.03. The Bertz CT molecular complexity index is 1290. The van der Waals surface area contributed by atoms with Crippen LogP contribution in [-0.4, -0.2) is 35.4 Å². The number of aryl methyl sites for hydroxylation is 1. The van der Waals surface area contributed by atoms with Gasteiger partial charge in [0.25, 0.3) is 5.56 Å². The van der Waals surface area contributed by atoms with Crippen LogP contribution < -0.4 is 26.0 Å². The maximum Gasteiger partial charge on any atom is 0.330 e. The van der Waals surface area contributed by atoms with Crippen molar-refractivity contribution in [2.75, 3.05) is 20.3 Å². The number of methoxy groups -OCH3 is 1. The smallest absolute Gasteiger partial charge is 0.330 e. The fourth-order valence-corrected chi connectivity index (χ4v) is 3.76. The van der Waals surface area contributed by atoms with Gasteiger partial charge < -0.3 is 24.1 Å².